The zero-order chi connectivity index (χ0) is 13.1. The number of carboxylic acid groups (broad SMARTS) is 1. The van der Waals surface area contributed by atoms with Crippen molar-refractivity contribution in [3.8, 4) is 0 Å². The molecule has 0 aromatic carbocycles. The van der Waals surface area contributed by atoms with Gasteiger partial charge in [0.1, 0.15) is 10.8 Å². The number of amides is 1. The second kappa shape index (κ2) is 5.30. The predicted molar refractivity (Wildman–Crippen MR) is 63.3 cm³/mol. The monoisotopic (exact) mass is 269 g/mol. The number of likely N-dealkylation sites (tertiary alicyclic amines) is 1. The summed E-state index contributed by atoms with van der Waals surface area (Å²) in [6, 6.07) is 0. The van der Waals surface area contributed by atoms with E-state index in [0.29, 0.717) is 19.5 Å². The van der Waals surface area contributed by atoms with Crippen LogP contribution in [0.2, 0.25) is 5.15 Å². The van der Waals surface area contributed by atoms with Crippen LogP contribution in [0.15, 0.2) is 12.4 Å². The number of carbonyl (C=O) groups is 2. The first-order valence-corrected chi connectivity index (χ1v) is 5.92. The third-order valence-electron chi connectivity index (χ3n) is 2.88. The minimum atomic E-state index is -0.833. The molecular weight excluding hydrogens is 258 g/mol. The lowest BCUT2D eigenvalue weighted by atomic mass is 10.1. The number of hydrogen-bond donors (Lipinski definition) is 1. The molecule has 0 aliphatic carbocycles. The fourth-order valence-electron chi connectivity index (χ4n) is 2.02. The fraction of sp³-hybridized carbons (Fsp3) is 0.455. The molecule has 0 spiro atoms. The fourth-order valence-corrected chi connectivity index (χ4v) is 2.11. The number of rotatable bonds is 3. The van der Waals surface area contributed by atoms with Gasteiger partial charge in [0.25, 0.3) is 5.91 Å². The van der Waals surface area contributed by atoms with Crippen LogP contribution >= 0.6 is 11.6 Å². The highest BCUT2D eigenvalue weighted by molar-refractivity contribution is 6.29. The van der Waals surface area contributed by atoms with Gasteiger partial charge in [-0.05, 0) is 12.3 Å². The van der Waals surface area contributed by atoms with Crippen molar-refractivity contribution in [3.63, 3.8) is 0 Å². The van der Waals surface area contributed by atoms with Crippen LogP contribution in [-0.2, 0) is 4.79 Å². The molecule has 1 aromatic rings. The minimum Gasteiger partial charge on any atom is -0.481 e. The highest BCUT2D eigenvalue weighted by Gasteiger charge is 2.28. The van der Waals surface area contributed by atoms with Gasteiger partial charge < -0.3 is 10.0 Å². The van der Waals surface area contributed by atoms with Crippen molar-refractivity contribution >= 4 is 23.5 Å². The summed E-state index contributed by atoms with van der Waals surface area (Å²) in [7, 11) is 0. The van der Waals surface area contributed by atoms with Gasteiger partial charge in [-0.25, -0.2) is 9.97 Å². The molecule has 0 saturated carbocycles. The molecule has 7 heteroatoms. The first-order chi connectivity index (χ1) is 8.56. The molecule has 96 valence electrons. The topological polar surface area (TPSA) is 83.4 Å². The van der Waals surface area contributed by atoms with Crippen molar-refractivity contribution in [1.82, 2.24) is 14.9 Å². The van der Waals surface area contributed by atoms with Gasteiger partial charge in [-0.3, -0.25) is 9.59 Å². The maximum atomic E-state index is 12.0. The average molecular weight is 270 g/mol. The Morgan fingerprint density at radius 3 is 2.83 bits per heavy atom. The van der Waals surface area contributed by atoms with E-state index >= 15 is 0 Å². The average Bonchev–Trinajstić information content (AvgIpc) is 2.76. The van der Waals surface area contributed by atoms with E-state index in [4.69, 9.17) is 16.7 Å². The molecule has 1 aliphatic rings. The second-order valence-corrected chi connectivity index (χ2v) is 4.62. The van der Waals surface area contributed by atoms with Crippen molar-refractivity contribution in [3.05, 3.63) is 23.2 Å². The summed E-state index contributed by atoms with van der Waals surface area (Å²) < 4.78 is 0. The Bertz CT molecular complexity index is 463. The molecule has 0 radical (unpaired) electrons. The molecule has 18 heavy (non-hydrogen) atoms. The van der Waals surface area contributed by atoms with Crippen LogP contribution in [0.5, 0.6) is 0 Å². The Balaban J connectivity index is 1.99. The Labute approximate surface area is 109 Å². The van der Waals surface area contributed by atoms with Gasteiger partial charge in [-0.2, -0.15) is 0 Å². The molecule has 1 aromatic heterocycles. The SMILES string of the molecule is O=C(O)CC1CCN(C(=O)c2cnc(Cl)cn2)C1. The standard InChI is InChI=1S/C11H12ClN3O3/c12-9-5-13-8(4-14-9)11(18)15-2-1-7(6-15)3-10(16)17/h4-5,7H,1-3,6H2,(H,16,17). The Morgan fingerprint density at radius 2 is 2.22 bits per heavy atom. The molecule has 1 saturated heterocycles. The summed E-state index contributed by atoms with van der Waals surface area (Å²) in [5, 5.41) is 8.94. The summed E-state index contributed by atoms with van der Waals surface area (Å²) in [4.78, 5) is 31.9. The molecule has 1 amide bonds. The van der Waals surface area contributed by atoms with E-state index in [1.165, 1.54) is 12.4 Å². The number of hydrogen-bond acceptors (Lipinski definition) is 4. The van der Waals surface area contributed by atoms with E-state index in [0.717, 1.165) is 0 Å². The normalized spacial score (nSPS) is 18.9. The highest BCUT2D eigenvalue weighted by Crippen LogP contribution is 2.21. The smallest absolute Gasteiger partial charge is 0.303 e. The molecule has 1 unspecified atom stereocenters. The van der Waals surface area contributed by atoms with Gasteiger partial charge in [-0.1, -0.05) is 11.6 Å². The van der Waals surface area contributed by atoms with Crippen LogP contribution < -0.4 is 0 Å². The van der Waals surface area contributed by atoms with Gasteiger partial charge in [0.05, 0.1) is 12.4 Å². The zero-order valence-corrected chi connectivity index (χ0v) is 10.3. The van der Waals surface area contributed by atoms with Gasteiger partial charge in [0.2, 0.25) is 0 Å². The number of aliphatic carboxylic acids is 1. The molecule has 1 aliphatic heterocycles. The number of halogens is 1. The number of aromatic nitrogens is 2. The number of carbonyl (C=O) groups excluding carboxylic acids is 1. The minimum absolute atomic E-state index is 0.0201. The highest BCUT2D eigenvalue weighted by atomic mass is 35.5. The molecule has 1 atom stereocenters. The van der Waals surface area contributed by atoms with E-state index in [1.807, 2.05) is 0 Å². The van der Waals surface area contributed by atoms with Gasteiger partial charge in [-0.15, -0.1) is 0 Å². The molecule has 0 bridgehead atoms. The van der Waals surface area contributed by atoms with Crippen molar-refractivity contribution < 1.29 is 14.7 Å². The number of nitrogens with zero attached hydrogens (tertiary/aromatic N) is 3. The summed E-state index contributed by atoms with van der Waals surface area (Å²) in [5.74, 6) is -1.04. The van der Waals surface area contributed by atoms with Crippen LogP contribution in [0.4, 0.5) is 0 Å². The lowest BCUT2D eigenvalue weighted by Crippen LogP contribution is -2.29. The Hall–Kier alpha value is -1.69. The molecule has 6 nitrogen and oxygen atoms in total. The third kappa shape index (κ3) is 2.95. The predicted octanol–water partition coefficient (Wildman–Crippen LogP) is 1.07. The van der Waals surface area contributed by atoms with Crippen LogP contribution in [0.1, 0.15) is 23.3 Å². The largest absolute Gasteiger partial charge is 0.481 e. The summed E-state index contributed by atoms with van der Waals surface area (Å²) >= 11 is 5.59. The Morgan fingerprint density at radius 1 is 1.44 bits per heavy atom. The maximum absolute atomic E-state index is 12.0. The summed E-state index contributed by atoms with van der Waals surface area (Å²) in [6.45, 7) is 1.01. The molecule has 1 N–H and O–H groups in total. The van der Waals surface area contributed by atoms with Gasteiger partial charge >= 0.3 is 5.97 Å². The van der Waals surface area contributed by atoms with E-state index in [2.05, 4.69) is 9.97 Å². The van der Waals surface area contributed by atoms with E-state index < -0.39 is 5.97 Å². The lowest BCUT2D eigenvalue weighted by Gasteiger charge is -2.15. The number of carboxylic acids is 1. The van der Waals surface area contributed by atoms with Crippen LogP contribution in [0.25, 0.3) is 0 Å². The molecule has 2 heterocycles. The van der Waals surface area contributed by atoms with Crippen molar-refractivity contribution in [2.75, 3.05) is 13.1 Å². The third-order valence-corrected chi connectivity index (χ3v) is 3.07. The van der Waals surface area contributed by atoms with Crippen molar-refractivity contribution in [2.45, 2.75) is 12.8 Å². The van der Waals surface area contributed by atoms with E-state index in [1.54, 1.807) is 4.90 Å². The zero-order valence-electron chi connectivity index (χ0n) is 9.54. The Kier molecular flexibility index (Phi) is 3.76. The lowest BCUT2D eigenvalue weighted by molar-refractivity contribution is -0.138. The maximum Gasteiger partial charge on any atom is 0.303 e. The van der Waals surface area contributed by atoms with Gasteiger partial charge in [0.15, 0.2) is 0 Å². The summed E-state index contributed by atoms with van der Waals surface area (Å²) in [5.41, 5.74) is 0.232. The molecular formula is C11H12ClN3O3. The van der Waals surface area contributed by atoms with Crippen LogP contribution in [0, 0.1) is 5.92 Å². The first kappa shape index (κ1) is 12.8. The van der Waals surface area contributed by atoms with E-state index in [9.17, 15) is 9.59 Å². The second-order valence-electron chi connectivity index (χ2n) is 4.23. The quantitative estimate of drug-likeness (QED) is 0.887. The summed E-state index contributed by atoms with van der Waals surface area (Å²) in [6.07, 6.45) is 3.45. The first-order valence-electron chi connectivity index (χ1n) is 5.55. The van der Waals surface area contributed by atoms with Crippen LogP contribution in [-0.4, -0.2) is 44.9 Å². The van der Waals surface area contributed by atoms with Gasteiger partial charge in [0, 0.05) is 19.5 Å². The van der Waals surface area contributed by atoms with E-state index in [-0.39, 0.29) is 29.1 Å². The van der Waals surface area contributed by atoms with Crippen LogP contribution in [0.3, 0.4) is 0 Å². The molecule has 1 fully saturated rings. The van der Waals surface area contributed by atoms with Crippen molar-refractivity contribution in [2.24, 2.45) is 5.92 Å². The molecule has 2 rings (SSSR count). The van der Waals surface area contributed by atoms with Crippen molar-refractivity contribution in [1.29, 1.82) is 0 Å².